The van der Waals surface area contributed by atoms with Crippen LogP contribution in [0.5, 0.6) is 0 Å². The Morgan fingerprint density at radius 3 is 1.51 bits per heavy atom. The van der Waals surface area contributed by atoms with E-state index in [1.165, 1.54) is 141 Å². The minimum Gasteiger partial charge on any atom is -0.756 e. The minimum atomic E-state index is -4.55. The summed E-state index contributed by atoms with van der Waals surface area (Å²) in [7, 11) is 1.30. The Kier molecular flexibility index (Phi) is 37.8. The summed E-state index contributed by atoms with van der Waals surface area (Å²) < 4.78 is 23.1. The number of aliphatic hydroxyl groups excluding tert-OH is 1. The summed E-state index contributed by atoms with van der Waals surface area (Å²) in [5.41, 5.74) is 0. The summed E-state index contributed by atoms with van der Waals surface area (Å²) in [4.78, 5) is 25.2. The average Bonchev–Trinajstić information content (AvgIpc) is 3.13. The van der Waals surface area contributed by atoms with Gasteiger partial charge in [-0.25, -0.2) is 0 Å². The Bertz CT molecular complexity index is 953. The fraction of sp³-hybridized carbons (Fsp3) is 0.891. The molecular weight excluding hydrogens is 707 g/mol. The van der Waals surface area contributed by atoms with Crippen molar-refractivity contribution in [1.29, 1.82) is 0 Å². The van der Waals surface area contributed by atoms with Crippen molar-refractivity contribution in [3.63, 3.8) is 0 Å². The van der Waals surface area contributed by atoms with Crippen LogP contribution in [0.25, 0.3) is 0 Å². The van der Waals surface area contributed by atoms with E-state index >= 15 is 0 Å². The van der Waals surface area contributed by atoms with Gasteiger partial charge in [-0.2, -0.15) is 0 Å². The van der Waals surface area contributed by atoms with Crippen molar-refractivity contribution in [2.24, 2.45) is 0 Å². The van der Waals surface area contributed by atoms with E-state index in [2.05, 4.69) is 43.5 Å². The first kappa shape index (κ1) is 54.0. The first-order valence-electron chi connectivity index (χ1n) is 23.2. The van der Waals surface area contributed by atoms with Gasteiger partial charge in [0.25, 0.3) is 7.82 Å². The summed E-state index contributed by atoms with van der Waals surface area (Å²) in [5.74, 6) is -0.170. The van der Waals surface area contributed by atoms with Crippen LogP contribution in [-0.4, -0.2) is 68.5 Å². The molecule has 0 saturated heterocycles. The van der Waals surface area contributed by atoms with Crippen LogP contribution in [0.2, 0.25) is 0 Å². The average molecular weight is 799 g/mol. The van der Waals surface area contributed by atoms with Crippen molar-refractivity contribution in [2.45, 2.75) is 225 Å². The molecule has 0 fully saturated rings. The minimum absolute atomic E-state index is 0.0126. The second kappa shape index (κ2) is 38.5. The smallest absolute Gasteiger partial charge is 0.268 e. The SMILES string of the molecule is CCCCCCC/C=C\C/C=C\CCCCCCCCCCCCCCCCCC(=O)NC(COP(=O)([O-])OCC[N+](C)(C)C)C(O)CCCCCCCC. The van der Waals surface area contributed by atoms with Crippen molar-refractivity contribution in [1.82, 2.24) is 5.32 Å². The first-order valence-corrected chi connectivity index (χ1v) is 24.6. The second-order valence-corrected chi connectivity index (χ2v) is 18.5. The van der Waals surface area contributed by atoms with Crippen LogP contribution in [0.4, 0.5) is 0 Å². The maximum absolute atomic E-state index is 12.8. The number of nitrogens with zero attached hydrogens (tertiary/aromatic N) is 1. The van der Waals surface area contributed by atoms with Gasteiger partial charge in [0, 0.05) is 6.42 Å². The molecule has 326 valence electrons. The number of carbonyl (C=O) groups is 1. The molecule has 0 rings (SSSR count). The molecule has 0 aliphatic carbocycles. The van der Waals surface area contributed by atoms with E-state index in [1.54, 1.807) is 0 Å². The number of likely N-dealkylation sites (N-methyl/N-ethyl adjacent to an activating group) is 1. The van der Waals surface area contributed by atoms with Gasteiger partial charge in [-0.3, -0.25) is 9.36 Å². The lowest BCUT2D eigenvalue weighted by Crippen LogP contribution is -2.46. The first-order chi connectivity index (χ1) is 26.5. The number of amides is 1. The Labute approximate surface area is 341 Å². The van der Waals surface area contributed by atoms with Crippen LogP contribution in [0.3, 0.4) is 0 Å². The molecule has 0 bridgehead atoms. The van der Waals surface area contributed by atoms with E-state index in [4.69, 9.17) is 9.05 Å². The van der Waals surface area contributed by atoms with Crippen molar-refractivity contribution in [3.8, 4) is 0 Å². The number of hydrogen-bond acceptors (Lipinski definition) is 6. The van der Waals surface area contributed by atoms with Crippen molar-refractivity contribution < 1.29 is 32.9 Å². The van der Waals surface area contributed by atoms with Crippen LogP contribution in [-0.2, 0) is 18.4 Å². The van der Waals surface area contributed by atoms with Gasteiger partial charge >= 0.3 is 0 Å². The lowest BCUT2D eigenvalue weighted by Gasteiger charge is -2.30. The molecule has 2 N–H and O–H groups in total. The number of rotatable bonds is 42. The molecule has 0 aliphatic rings. The third-order valence-electron chi connectivity index (χ3n) is 10.4. The van der Waals surface area contributed by atoms with Gasteiger partial charge in [0.15, 0.2) is 0 Å². The van der Waals surface area contributed by atoms with Gasteiger partial charge in [-0.15, -0.1) is 0 Å². The zero-order valence-electron chi connectivity index (χ0n) is 36.9. The number of hydrogen-bond donors (Lipinski definition) is 2. The van der Waals surface area contributed by atoms with Crippen molar-refractivity contribution in [3.05, 3.63) is 24.3 Å². The highest BCUT2D eigenvalue weighted by molar-refractivity contribution is 7.45. The van der Waals surface area contributed by atoms with Gasteiger partial charge in [0.05, 0.1) is 39.9 Å². The number of carbonyl (C=O) groups excluding carboxylic acids is 1. The molecule has 0 saturated carbocycles. The molecule has 0 heterocycles. The highest BCUT2D eigenvalue weighted by atomic mass is 31.2. The molecule has 0 aromatic rings. The molecule has 9 heteroatoms. The molecule has 0 aromatic heterocycles. The fourth-order valence-electron chi connectivity index (χ4n) is 6.72. The summed E-state index contributed by atoms with van der Waals surface area (Å²) in [5, 5.41) is 13.7. The summed E-state index contributed by atoms with van der Waals surface area (Å²) in [6, 6.07) is -0.794. The Balaban J connectivity index is 3.96. The molecule has 0 radical (unpaired) electrons. The van der Waals surface area contributed by atoms with Gasteiger partial charge in [-0.1, -0.05) is 186 Å². The van der Waals surface area contributed by atoms with Crippen LogP contribution < -0.4 is 10.2 Å². The van der Waals surface area contributed by atoms with E-state index in [0.717, 1.165) is 44.9 Å². The van der Waals surface area contributed by atoms with Gasteiger partial charge in [0.1, 0.15) is 13.2 Å². The molecule has 1 amide bonds. The Morgan fingerprint density at radius 2 is 1.05 bits per heavy atom. The molecule has 3 unspecified atom stereocenters. The maximum atomic E-state index is 12.8. The number of quaternary nitrogens is 1. The van der Waals surface area contributed by atoms with Gasteiger partial charge in [-0.05, 0) is 44.9 Å². The van der Waals surface area contributed by atoms with E-state index in [1.807, 2.05) is 21.1 Å². The summed E-state index contributed by atoms with van der Waals surface area (Å²) in [6.07, 6.45) is 45.1. The number of unbranched alkanes of at least 4 members (excludes halogenated alkanes) is 25. The quantitative estimate of drug-likeness (QED) is 0.0276. The van der Waals surface area contributed by atoms with Gasteiger partial charge < -0.3 is 28.8 Å². The second-order valence-electron chi connectivity index (χ2n) is 17.1. The Hall–Kier alpha value is -1.02. The molecule has 0 spiro atoms. The number of aliphatic hydroxyl groups is 1. The lowest BCUT2D eigenvalue weighted by molar-refractivity contribution is -0.870. The largest absolute Gasteiger partial charge is 0.756 e. The number of phosphoric acid groups is 1. The monoisotopic (exact) mass is 799 g/mol. The standard InChI is InChI=1S/C46H91N2O6P/c1-6-8-10-12-14-15-16-17-18-19-20-21-22-23-24-25-26-27-28-29-30-31-32-33-34-36-38-40-46(50)47-44(45(49)39-37-35-13-11-9-7-2)43-54-55(51,52)53-42-41-48(3,4)5/h16-17,19-20,44-45,49H,6-15,18,21-43H2,1-5H3,(H-,47,50,51,52)/b17-16-,20-19-. The van der Waals surface area contributed by atoms with Gasteiger partial charge in [0.2, 0.25) is 5.91 Å². The van der Waals surface area contributed by atoms with E-state index < -0.39 is 20.0 Å². The van der Waals surface area contributed by atoms with Crippen LogP contribution in [0.1, 0.15) is 213 Å². The third kappa shape index (κ3) is 41.0. The molecule has 0 aliphatic heterocycles. The highest BCUT2D eigenvalue weighted by Crippen LogP contribution is 2.38. The Morgan fingerprint density at radius 1 is 0.636 bits per heavy atom. The van der Waals surface area contributed by atoms with Crippen LogP contribution >= 0.6 is 7.82 Å². The number of phosphoric ester groups is 1. The molecule has 3 atom stereocenters. The van der Waals surface area contributed by atoms with Crippen LogP contribution in [0.15, 0.2) is 24.3 Å². The fourth-order valence-corrected chi connectivity index (χ4v) is 7.44. The lowest BCUT2D eigenvalue weighted by atomic mass is 10.0. The maximum Gasteiger partial charge on any atom is 0.268 e. The predicted octanol–water partition coefficient (Wildman–Crippen LogP) is 12.3. The number of allylic oxidation sites excluding steroid dienone is 4. The van der Waals surface area contributed by atoms with E-state index in [-0.39, 0.29) is 19.1 Å². The molecule has 8 nitrogen and oxygen atoms in total. The highest BCUT2D eigenvalue weighted by Gasteiger charge is 2.24. The van der Waals surface area contributed by atoms with E-state index in [0.29, 0.717) is 23.9 Å². The van der Waals surface area contributed by atoms with E-state index in [9.17, 15) is 19.4 Å². The summed E-state index contributed by atoms with van der Waals surface area (Å²) >= 11 is 0. The molecule has 55 heavy (non-hydrogen) atoms. The zero-order chi connectivity index (χ0) is 40.7. The zero-order valence-corrected chi connectivity index (χ0v) is 37.8. The predicted molar refractivity (Wildman–Crippen MR) is 233 cm³/mol. The summed E-state index contributed by atoms with van der Waals surface area (Å²) in [6.45, 7) is 4.64. The van der Waals surface area contributed by atoms with Crippen molar-refractivity contribution >= 4 is 13.7 Å². The number of nitrogens with one attached hydrogen (secondary N) is 1. The normalized spacial score (nSPS) is 14.5. The third-order valence-corrected chi connectivity index (χ3v) is 11.4. The topological polar surface area (TPSA) is 108 Å². The molecule has 0 aromatic carbocycles. The van der Waals surface area contributed by atoms with Crippen molar-refractivity contribution in [2.75, 3.05) is 40.9 Å². The molecular formula is C46H91N2O6P. The van der Waals surface area contributed by atoms with Crippen LogP contribution in [0, 0.1) is 0 Å².